The molecule has 0 spiro atoms. The smallest absolute Gasteiger partial charge is 0.0126 e. The van der Waals surface area contributed by atoms with Crippen molar-refractivity contribution in [2.24, 2.45) is 5.50 Å². The van der Waals surface area contributed by atoms with Gasteiger partial charge in [-0.3, -0.25) is 0 Å². The molecule has 0 amide bonds. The highest BCUT2D eigenvalue weighted by atomic mass is 31.1. The fraction of sp³-hybridized carbons (Fsp3) is 0.500. The average molecular weight is 101 g/mol. The fourth-order valence-corrected chi connectivity index (χ4v) is 1.52. The van der Waals surface area contributed by atoms with Crippen LogP contribution in [0.2, 0.25) is 0 Å². The van der Waals surface area contributed by atoms with E-state index in [1.165, 1.54) is 12.6 Å². The highest BCUT2D eigenvalue weighted by Gasteiger charge is 1.98. The summed E-state index contributed by atoms with van der Waals surface area (Å²) in [5.41, 5.74) is 5.51. The van der Waals surface area contributed by atoms with E-state index in [0.29, 0.717) is 0 Å². The first kappa shape index (κ1) is 4.29. The van der Waals surface area contributed by atoms with Gasteiger partial charge in [-0.25, -0.2) is 0 Å². The molecule has 2 N–H and O–H groups in total. The molecule has 2 heteroatoms. The minimum absolute atomic E-state index is 0.146. The molecule has 0 aliphatic carbocycles. The lowest BCUT2D eigenvalue weighted by atomic mass is 10.5. The van der Waals surface area contributed by atoms with Gasteiger partial charge in [-0.05, 0) is 20.7 Å². The first-order valence-corrected chi connectivity index (χ1v) is 3.74. The zero-order valence-electron chi connectivity index (χ0n) is 3.59. The summed E-state index contributed by atoms with van der Waals surface area (Å²) in [6.45, 7) is 0. The molecule has 1 nitrogen and oxygen atoms in total. The summed E-state index contributed by atoms with van der Waals surface area (Å²) in [6.07, 6.45) is 4.59. The van der Waals surface area contributed by atoms with Crippen molar-refractivity contribution in [3.05, 3.63) is 11.9 Å². The molecule has 0 saturated heterocycles. The van der Waals surface area contributed by atoms with E-state index in [0.717, 1.165) is 0 Å². The maximum Gasteiger partial charge on any atom is -0.0126 e. The number of hydrogen-bond acceptors (Lipinski definition) is 1. The molecule has 1 heterocycles. The second kappa shape index (κ2) is 1.72. The number of nitrogens with two attached hydrogens (primary N) is 1. The molecule has 1 aliphatic heterocycles. The van der Waals surface area contributed by atoms with Crippen LogP contribution in [0.3, 0.4) is 0 Å². The van der Waals surface area contributed by atoms with Gasteiger partial charge in [-0.15, -0.1) is 0 Å². The Labute approximate surface area is 39.0 Å². The standard InChI is InChI=1S/C4H8NP/c5-6-3-1-2-4-6/h1,3H,2,4-5H2. The Kier molecular flexibility index (Phi) is 1.23. The molecule has 0 aromatic carbocycles. The van der Waals surface area contributed by atoms with Gasteiger partial charge in [0.05, 0.1) is 0 Å². The summed E-state index contributed by atoms with van der Waals surface area (Å²) in [7, 11) is -0.146. The minimum Gasteiger partial charge on any atom is -0.306 e. The molecule has 0 aromatic heterocycles. The Balaban J connectivity index is 2.38. The Morgan fingerprint density at radius 2 is 2.50 bits per heavy atom. The maximum atomic E-state index is 5.51. The lowest BCUT2D eigenvalue weighted by Gasteiger charge is -1.91. The SMILES string of the molecule is NP1C=CCC1. The van der Waals surface area contributed by atoms with E-state index in [2.05, 4.69) is 11.9 Å². The minimum atomic E-state index is -0.146. The topological polar surface area (TPSA) is 26.0 Å². The Bertz CT molecular complexity index is 69.9. The second-order valence-electron chi connectivity index (χ2n) is 1.41. The van der Waals surface area contributed by atoms with Crippen LogP contribution in [-0.4, -0.2) is 6.16 Å². The summed E-state index contributed by atoms with van der Waals surface area (Å²) in [6, 6.07) is 0. The maximum absolute atomic E-state index is 5.51. The molecule has 0 saturated carbocycles. The quantitative estimate of drug-likeness (QED) is 0.457. The van der Waals surface area contributed by atoms with E-state index in [-0.39, 0.29) is 8.07 Å². The van der Waals surface area contributed by atoms with Crippen molar-refractivity contribution < 1.29 is 0 Å². The van der Waals surface area contributed by atoms with Crippen molar-refractivity contribution in [1.82, 2.24) is 0 Å². The van der Waals surface area contributed by atoms with E-state index >= 15 is 0 Å². The van der Waals surface area contributed by atoms with Crippen molar-refractivity contribution in [3.8, 4) is 0 Å². The number of rotatable bonds is 0. The first-order valence-electron chi connectivity index (χ1n) is 2.07. The number of allylic oxidation sites excluding steroid dienone is 1. The van der Waals surface area contributed by atoms with Crippen LogP contribution < -0.4 is 5.50 Å². The molecule has 0 radical (unpaired) electrons. The predicted octanol–water partition coefficient (Wildman–Crippen LogP) is 1.26. The highest BCUT2D eigenvalue weighted by molar-refractivity contribution is 7.58. The van der Waals surface area contributed by atoms with Crippen molar-refractivity contribution in [1.29, 1.82) is 0 Å². The largest absolute Gasteiger partial charge is 0.306 e. The van der Waals surface area contributed by atoms with Gasteiger partial charge in [0.25, 0.3) is 0 Å². The number of hydrogen-bond donors (Lipinski definition) is 1. The second-order valence-corrected chi connectivity index (χ2v) is 3.19. The third kappa shape index (κ3) is 0.796. The Morgan fingerprint density at radius 1 is 1.67 bits per heavy atom. The van der Waals surface area contributed by atoms with Gasteiger partial charge in [0.1, 0.15) is 0 Å². The summed E-state index contributed by atoms with van der Waals surface area (Å²) in [5.74, 6) is 2.12. The summed E-state index contributed by atoms with van der Waals surface area (Å²) >= 11 is 0. The van der Waals surface area contributed by atoms with E-state index in [4.69, 9.17) is 5.50 Å². The van der Waals surface area contributed by atoms with Gasteiger partial charge >= 0.3 is 0 Å². The van der Waals surface area contributed by atoms with Crippen molar-refractivity contribution in [3.63, 3.8) is 0 Å². The Morgan fingerprint density at radius 3 is 2.67 bits per heavy atom. The molecule has 1 unspecified atom stereocenters. The van der Waals surface area contributed by atoms with Gasteiger partial charge in [0, 0.05) is 0 Å². The van der Waals surface area contributed by atoms with Gasteiger partial charge in [-0.1, -0.05) is 11.9 Å². The molecule has 1 rings (SSSR count). The van der Waals surface area contributed by atoms with Gasteiger partial charge in [-0.2, -0.15) is 0 Å². The molecule has 6 heavy (non-hydrogen) atoms. The van der Waals surface area contributed by atoms with Crippen molar-refractivity contribution in [2.45, 2.75) is 6.42 Å². The normalized spacial score (nSPS) is 31.8. The lowest BCUT2D eigenvalue weighted by Crippen LogP contribution is -1.82. The molecule has 34 valence electrons. The van der Waals surface area contributed by atoms with Gasteiger partial charge in [0.15, 0.2) is 0 Å². The monoisotopic (exact) mass is 101 g/mol. The molecule has 0 aromatic rings. The average Bonchev–Trinajstić information content (AvgIpc) is 1.86. The lowest BCUT2D eigenvalue weighted by molar-refractivity contribution is 1.26. The molecular weight excluding hydrogens is 93.0 g/mol. The molecule has 0 fully saturated rings. The Hall–Kier alpha value is 0.130. The third-order valence-electron chi connectivity index (χ3n) is 0.851. The van der Waals surface area contributed by atoms with Crippen LogP contribution in [0.1, 0.15) is 6.42 Å². The zero-order valence-corrected chi connectivity index (χ0v) is 4.49. The van der Waals surface area contributed by atoms with E-state index in [9.17, 15) is 0 Å². The van der Waals surface area contributed by atoms with E-state index in [1.54, 1.807) is 0 Å². The van der Waals surface area contributed by atoms with E-state index in [1.807, 2.05) is 0 Å². The van der Waals surface area contributed by atoms with Crippen LogP contribution in [0, 0.1) is 0 Å². The van der Waals surface area contributed by atoms with Gasteiger partial charge in [0.2, 0.25) is 0 Å². The molecular formula is C4H8NP. The van der Waals surface area contributed by atoms with Crippen molar-refractivity contribution >= 4 is 8.07 Å². The zero-order chi connectivity index (χ0) is 4.41. The summed E-state index contributed by atoms with van der Waals surface area (Å²) in [4.78, 5) is 0. The van der Waals surface area contributed by atoms with Gasteiger partial charge < -0.3 is 5.50 Å². The van der Waals surface area contributed by atoms with Crippen molar-refractivity contribution in [2.75, 3.05) is 6.16 Å². The van der Waals surface area contributed by atoms with Crippen LogP contribution in [0.15, 0.2) is 11.9 Å². The summed E-state index contributed by atoms with van der Waals surface area (Å²) < 4.78 is 0. The van der Waals surface area contributed by atoms with Crippen LogP contribution >= 0.6 is 8.07 Å². The van der Waals surface area contributed by atoms with Crippen LogP contribution in [0.25, 0.3) is 0 Å². The molecule has 1 atom stereocenters. The predicted molar refractivity (Wildman–Crippen MR) is 29.7 cm³/mol. The van der Waals surface area contributed by atoms with Crippen LogP contribution in [0.5, 0.6) is 0 Å². The highest BCUT2D eigenvalue weighted by Crippen LogP contribution is 2.33. The molecule has 0 bridgehead atoms. The van der Waals surface area contributed by atoms with Crippen LogP contribution in [0.4, 0.5) is 0 Å². The third-order valence-corrected chi connectivity index (χ3v) is 2.22. The summed E-state index contributed by atoms with van der Waals surface area (Å²) in [5, 5.41) is 0. The fourth-order valence-electron chi connectivity index (χ4n) is 0.508. The van der Waals surface area contributed by atoms with E-state index < -0.39 is 0 Å². The first-order chi connectivity index (χ1) is 2.89. The molecule has 1 aliphatic rings. The van der Waals surface area contributed by atoms with Crippen LogP contribution in [-0.2, 0) is 0 Å².